The summed E-state index contributed by atoms with van der Waals surface area (Å²) in [5, 5.41) is 2.57. The van der Waals surface area contributed by atoms with Crippen LogP contribution in [0.25, 0.3) is 59.4 Å². The predicted octanol–water partition coefficient (Wildman–Crippen LogP) is 7.21. The largest absolute Gasteiger partial charge is 0.453 e. The lowest BCUT2D eigenvalue weighted by molar-refractivity contribution is 0.554. The molecule has 0 N–H and O–H groups in total. The average molecular weight is 438 g/mol. The van der Waals surface area contributed by atoms with Crippen molar-refractivity contribution in [3.05, 3.63) is 66.1 Å². The maximum absolute atomic E-state index is 6.35. The molecule has 158 valence electrons. The SMILES string of the molecule is Cn1c2c(oc3cc4c(cc31)c1cc3sc5ccccc5n(C)c3cc1n4C)C=CCC2. The van der Waals surface area contributed by atoms with Crippen molar-refractivity contribution in [1.82, 2.24) is 13.7 Å². The first-order chi connectivity index (χ1) is 15.6. The van der Waals surface area contributed by atoms with Crippen LogP contribution in [0.4, 0.5) is 0 Å². The maximum Gasteiger partial charge on any atom is 0.153 e. The van der Waals surface area contributed by atoms with Crippen LogP contribution in [0.2, 0.25) is 0 Å². The minimum absolute atomic E-state index is 0.930. The highest BCUT2D eigenvalue weighted by molar-refractivity contribution is 7.24. The number of hydrogen-bond donors (Lipinski definition) is 0. The van der Waals surface area contributed by atoms with Crippen molar-refractivity contribution in [1.29, 1.82) is 0 Å². The average Bonchev–Trinajstić information content (AvgIpc) is 3.08. The Balaban J connectivity index is 1.63. The second-order valence-electron chi connectivity index (χ2n) is 8.78. The van der Waals surface area contributed by atoms with Gasteiger partial charge in [0, 0.05) is 38.0 Å². The van der Waals surface area contributed by atoms with Gasteiger partial charge >= 0.3 is 0 Å². The summed E-state index contributed by atoms with van der Waals surface area (Å²) in [4.78, 5) is 0. The van der Waals surface area contributed by atoms with E-state index < -0.39 is 0 Å². The van der Waals surface area contributed by atoms with Crippen LogP contribution in [0.3, 0.4) is 0 Å². The number of rotatable bonds is 0. The van der Waals surface area contributed by atoms with E-state index in [1.165, 1.54) is 47.9 Å². The van der Waals surface area contributed by atoms with Gasteiger partial charge in [0.2, 0.25) is 0 Å². The zero-order valence-electron chi connectivity index (χ0n) is 18.3. The number of allylic oxidation sites excluding steroid dienone is 1. The van der Waals surface area contributed by atoms with Crippen molar-refractivity contribution in [2.75, 3.05) is 0 Å². The van der Waals surface area contributed by atoms with Crippen LogP contribution in [-0.2, 0) is 27.6 Å². The molecule has 3 aromatic heterocycles. The second-order valence-corrected chi connectivity index (χ2v) is 9.86. The minimum atomic E-state index is 0.930. The predicted molar refractivity (Wildman–Crippen MR) is 136 cm³/mol. The Kier molecular flexibility index (Phi) is 3.57. The molecule has 4 nitrogen and oxygen atoms in total. The van der Waals surface area contributed by atoms with Crippen molar-refractivity contribution in [2.45, 2.75) is 12.8 Å². The van der Waals surface area contributed by atoms with Gasteiger partial charge in [-0.15, -0.1) is 11.3 Å². The molecular formula is C27H23N3OS. The van der Waals surface area contributed by atoms with Crippen molar-refractivity contribution in [3.8, 4) is 0 Å². The first-order valence-electron chi connectivity index (χ1n) is 11.0. The number of hydrogen-bond acceptors (Lipinski definition) is 2. The van der Waals surface area contributed by atoms with E-state index in [-0.39, 0.29) is 0 Å². The number of nitrogens with zero attached hydrogens (tertiary/aromatic N) is 3. The zero-order chi connectivity index (χ0) is 21.6. The highest BCUT2D eigenvalue weighted by atomic mass is 32.1. The fourth-order valence-electron chi connectivity index (χ4n) is 5.31. The van der Waals surface area contributed by atoms with Gasteiger partial charge in [-0.25, -0.2) is 0 Å². The number of benzene rings is 3. The first-order valence-corrected chi connectivity index (χ1v) is 11.8. The normalized spacial score (nSPS) is 13.7. The number of para-hydroxylation sites is 1. The van der Waals surface area contributed by atoms with E-state index in [1.807, 2.05) is 11.3 Å². The third-order valence-corrected chi connectivity index (χ3v) is 8.17. The fourth-order valence-corrected chi connectivity index (χ4v) is 6.48. The maximum atomic E-state index is 6.35. The van der Waals surface area contributed by atoms with Crippen molar-refractivity contribution in [3.63, 3.8) is 0 Å². The molecule has 0 aliphatic heterocycles. The smallest absolute Gasteiger partial charge is 0.153 e. The van der Waals surface area contributed by atoms with Gasteiger partial charge in [0.25, 0.3) is 0 Å². The lowest BCUT2D eigenvalue weighted by atomic mass is 10.1. The van der Waals surface area contributed by atoms with E-state index >= 15 is 0 Å². The summed E-state index contributed by atoms with van der Waals surface area (Å²) >= 11 is 1.86. The van der Waals surface area contributed by atoms with Gasteiger partial charge in [-0.3, -0.25) is 0 Å². The highest BCUT2D eigenvalue weighted by Crippen LogP contribution is 2.37. The molecule has 0 atom stereocenters. The van der Waals surface area contributed by atoms with E-state index in [1.54, 1.807) is 0 Å². The molecule has 0 radical (unpaired) electrons. The first kappa shape index (κ1) is 18.2. The topological polar surface area (TPSA) is 27.9 Å². The quantitative estimate of drug-likeness (QED) is 0.231. The zero-order valence-corrected chi connectivity index (χ0v) is 19.2. The highest BCUT2D eigenvalue weighted by Gasteiger charge is 2.17. The Morgan fingerprint density at radius 1 is 0.750 bits per heavy atom. The summed E-state index contributed by atoms with van der Waals surface area (Å²) in [5.74, 6) is 0.982. The number of aromatic nitrogens is 3. The standard InChI is InChI=1S/C27H23N3OS/c1-28-18-8-4-6-10-24(18)31-25-15-21-16(12-22(25)28)17-13-27-23(14-20(17)30(21)3)29(2)19-9-5-7-11-26(19)32-27/h5-7,9-15H,4,8H2,1-3H3. The van der Waals surface area contributed by atoms with Gasteiger partial charge in [-0.1, -0.05) is 18.2 Å². The van der Waals surface area contributed by atoms with Crippen LogP contribution in [0.5, 0.6) is 0 Å². The molecule has 0 amide bonds. The molecule has 7 rings (SSSR count). The van der Waals surface area contributed by atoms with Crippen molar-refractivity contribution in [2.24, 2.45) is 21.1 Å². The third kappa shape index (κ3) is 2.32. The molecule has 3 aromatic carbocycles. The molecule has 0 unspecified atom stereocenters. The Morgan fingerprint density at radius 2 is 1.53 bits per heavy atom. The summed E-state index contributed by atoms with van der Waals surface area (Å²) in [6, 6.07) is 17.9. The molecule has 5 heteroatoms. The van der Waals surface area contributed by atoms with Crippen LogP contribution < -0.4 is 0 Å². The van der Waals surface area contributed by atoms with E-state index in [0.29, 0.717) is 0 Å². The van der Waals surface area contributed by atoms with Crippen LogP contribution in [0, 0.1) is 0 Å². The monoisotopic (exact) mass is 437 g/mol. The second kappa shape index (κ2) is 6.30. The third-order valence-electron chi connectivity index (χ3n) is 7.06. The molecule has 0 saturated carbocycles. The van der Waals surface area contributed by atoms with Crippen LogP contribution >= 0.6 is 11.3 Å². The van der Waals surface area contributed by atoms with Gasteiger partial charge in [-0.2, -0.15) is 0 Å². The van der Waals surface area contributed by atoms with Gasteiger partial charge < -0.3 is 18.1 Å². The molecule has 0 saturated heterocycles. The van der Waals surface area contributed by atoms with E-state index in [0.717, 1.165) is 29.7 Å². The molecule has 3 heterocycles. The van der Waals surface area contributed by atoms with E-state index in [9.17, 15) is 0 Å². The summed E-state index contributed by atoms with van der Waals surface area (Å²) in [6.07, 6.45) is 6.40. The number of aryl methyl sites for hydroxylation is 3. The molecular weight excluding hydrogens is 414 g/mol. The van der Waals surface area contributed by atoms with Crippen LogP contribution in [-0.4, -0.2) is 13.7 Å². The summed E-state index contributed by atoms with van der Waals surface area (Å²) in [6.45, 7) is 0. The lowest BCUT2D eigenvalue weighted by Crippen LogP contribution is -2.07. The van der Waals surface area contributed by atoms with Gasteiger partial charge in [0.1, 0.15) is 5.76 Å². The molecule has 6 aromatic rings. The summed E-state index contributed by atoms with van der Waals surface area (Å²) < 4.78 is 15.9. The molecule has 0 spiro atoms. The van der Waals surface area contributed by atoms with Gasteiger partial charge in [0.05, 0.1) is 42.7 Å². The summed E-state index contributed by atoms with van der Waals surface area (Å²) in [5.41, 5.74) is 8.31. The molecule has 0 bridgehead atoms. The Bertz CT molecular complexity index is 1810. The molecule has 32 heavy (non-hydrogen) atoms. The molecule has 0 fully saturated rings. The Labute approximate surface area is 188 Å². The van der Waals surface area contributed by atoms with Gasteiger partial charge in [-0.05, 0) is 49.2 Å². The van der Waals surface area contributed by atoms with Crippen LogP contribution in [0.15, 0.2) is 59.0 Å². The van der Waals surface area contributed by atoms with Crippen molar-refractivity contribution >= 4 is 70.8 Å². The summed E-state index contributed by atoms with van der Waals surface area (Å²) in [7, 11) is 6.48. The van der Waals surface area contributed by atoms with Gasteiger partial charge in [0.15, 0.2) is 5.58 Å². The minimum Gasteiger partial charge on any atom is -0.453 e. The Hall–Kier alpha value is -3.44. The van der Waals surface area contributed by atoms with E-state index in [2.05, 4.69) is 95.5 Å². The molecule has 1 aliphatic rings. The van der Waals surface area contributed by atoms with E-state index in [4.69, 9.17) is 4.42 Å². The number of fused-ring (bicyclic) bond motifs is 7. The lowest BCUT2D eigenvalue weighted by Gasteiger charge is -2.17. The fraction of sp³-hybridized carbons (Fsp3) is 0.185. The Morgan fingerprint density at radius 3 is 2.44 bits per heavy atom. The van der Waals surface area contributed by atoms with Crippen LogP contribution in [0.1, 0.15) is 17.9 Å². The molecule has 1 aliphatic carbocycles. The van der Waals surface area contributed by atoms with Crippen molar-refractivity contribution < 1.29 is 4.42 Å².